The Morgan fingerprint density at radius 3 is 2.89 bits per heavy atom. The number of hydrazine groups is 1. The Morgan fingerprint density at radius 2 is 2.17 bits per heavy atom. The fourth-order valence-corrected chi connectivity index (χ4v) is 2.73. The van der Waals surface area contributed by atoms with E-state index in [1.54, 1.807) is 0 Å². The van der Waals surface area contributed by atoms with Crippen LogP contribution in [0.15, 0.2) is 24.3 Å². The van der Waals surface area contributed by atoms with Gasteiger partial charge in [-0.15, -0.1) is 0 Å². The smallest absolute Gasteiger partial charge is 0.0843 e. The van der Waals surface area contributed by atoms with Crippen LogP contribution in [-0.4, -0.2) is 12.6 Å². The SMILES string of the molecule is CC(C)CC(CC1OCCc2ccccc21)NN. The fourth-order valence-electron chi connectivity index (χ4n) is 2.73. The lowest BCUT2D eigenvalue weighted by molar-refractivity contribution is 0.0279. The first-order valence-corrected chi connectivity index (χ1v) is 6.86. The summed E-state index contributed by atoms with van der Waals surface area (Å²) in [7, 11) is 0. The molecule has 0 bridgehead atoms. The molecule has 1 aliphatic rings. The fraction of sp³-hybridized carbons (Fsp3) is 0.600. The summed E-state index contributed by atoms with van der Waals surface area (Å²) < 4.78 is 5.92. The van der Waals surface area contributed by atoms with Crippen LogP contribution in [0.2, 0.25) is 0 Å². The standard InChI is InChI=1S/C15H24N2O/c1-11(2)9-13(17-16)10-15-14-6-4-3-5-12(14)7-8-18-15/h3-6,11,13,15,17H,7-10,16H2,1-2H3. The third kappa shape index (κ3) is 3.31. The van der Waals surface area contributed by atoms with E-state index in [0.717, 1.165) is 25.9 Å². The van der Waals surface area contributed by atoms with Crippen molar-refractivity contribution in [2.24, 2.45) is 11.8 Å². The molecule has 0 saturated carbocycles. The molecule has 1 aromatic carbocycles. The Morgan fingerprint density at radius 1 is 1.39 bits per heavy atom. The van der Waals surface area contributed by atoms with E-state index in [2.05, 4.69) is 43.5 Å². The number of hydrogen-bond acceptors (Lipinski definition) is 3. The lowest BCUT2D eigenvalue weighted by Crippen LogP contribution is -2.38. The minimum Gasteiger partial charge on any atom is -0.373 e. The summed E-state index contributed by atoms with van der Waals surface area (Å²) in [6.07, 6.45) is 3.25. The van der Waals surface area contributed by atoms with Gasteiger partial charge in [0.25, 0.3) is 0 Å². The van der Waals surface area contributed by atoms with Crippen LogP contribution in [0.3, 0.4) is 0 Å². The summed E-state index contributed by atoms with van der Waals surface area (Å²) in [6, 6.07) is 8.91. The Bertz CT molecular complexity index is 379. The molecule has 1 aliphatic heterocycles. The highest BCUT2D eigenvalue weighted by molar-refractivity contribution is 5.31. The van der Waals surface area contributed by atoms with Crippen LogP contribution in [-0.2, 0) is 11.2 Å². The summed E-state index contributed by atoms with van der Waals surface area (Å²) in [5, 5.41) is 0. The minimum atomic E-state index is 0.190. The average Bonchev–Trinajstić information content (AvgIpc) is 2.38. The Hall–Kier alpha value is -0.900. The van der Waals surface area contributed by atoms with E-state index in [0.29, 0.717) is 12.0 Å². The zero-order valence-electron chi connectivity index (χ0n) is 11.4. The van der Waals surface area contributed by atoms with Crippen LogP contribution in [0.5, 0.6) is 0 Å². The molecule has 0 spiro atoms. The van der Waals surface area contributed by atoms with E-state index in [1.165, 1.54) is 11.1 Å². The number of benzene rings is 1. The monoisotopic (exact) mass is 248 g/mol. The molecule has 0 aliphatic carbocycles. The quantitative estimate of drug-likeness (QED) is 0.622. The third-order valence-electron chi connectivity index (χ3n) is 3.58. The van der Waals surface area contributed by atoms with E-state index >= 15 is 0 Å². The molecule has 2 unspecified atom stereocenters. The predicted octanol–water partition coefficient (Wildman–Crippen LogP) is 2.57. The van der Waals surface area contributed by atoms with Gasteiger partial charge in [0.15, 0.2) is 0 Å². The predicted molar refractivity (Wildman–Crippen MR) is 74.0 cm³/mol. The first-order valence-electron chi connectivity index (χ1n) is 6.86. The molecule has 0 saturated heterocycles. The second-order valence-corrected chi connectivity index (χ2v) is 5.54. The van der Waals surface area contributed by atoms with Gasteiger partial charge in [-0.2, -0.15) is 0 Å². The summed E-state index contributed by atoms with van der Waals surface area (Å²) in [4.78, 5) is 0. The number of ether oxygens (including phenoxy) is 1. The van der Waals surface area contributed by atoms with Crippen molar-refractivity contribution in [1.29, 1.82) is 0 Å². The first-order chi connectivity index (χ1) is 8.70. The van der Waals surface area contributed by atoms with Gasteiger partial charge >= 0.3 is 0 Å². The number of fused-ring (bicyclic) bond motifs is 1. The third-order valence-corrected chi connectivity index (χ3v) is 3.58. The maximum atomic E-state index is 5.92. The Kier molecular flexibility index (Phi) is 4.75. The average molecular weight is 248 g/mol. The van der Waals surface area contributed by atoms with Crippen LogP contribution < -0.4 is 11.3 Å². The molecule has 0 radical (unpaired) electrons. The zero-order chi connectivity index (χ0) is 13.0. The molecular weight excluding hydrogens is 224 g/mol. The van der Waals surface area contributed by atoms with Crippen molar-refractivity contribution < 1.29 is 4.74 Å². The highest BCUT2D eigenvalue weighted by Crippen LogP contribution is 2.31. The van der Waals surface area contributed by atoms with E-state index in [-0.39, 0.29) is 6.10 Å². The van der Waals surface area contributed by atoms with Gasteiger partial charge in [-0.05, 0) is 36.3 Å². The van der Waals surface area contributed by atoms with Crippen LogP contribution >= 0.6 is 0 Å². The summed E-state index contributed by atoms with van der Waals surface area (Å²) >= 11 is 0. The summed E-state index contributed by atoms with van der Waals surface area (Å²) in [5.41, 5.74) is 5.70. The van der Waals surface area contributed by atoms with Crippen LogP contribution in [0.4, 0.5) is 0 Å². The van der Waals surface area contributed by atoms with Gasteiger partial charge in [-0.25, -0.2) is 0 Å². The summed E-state index contributed by atoms with van der Waals surface area (Å²) in [5.74, 6) is 6.30. The molecule has 2 atom stereocenters. The topological polar surface area (TPSA) is 47.3 Å². The Balaban J connectivity index is 2.06. The van der Waals surface area contributed by atoms with Crippen molar-refractivity contribution in [3.8, 4) is 0 Å². The number of nitrogens with one attached hydrogen (secondary N) is 1. The maximum absolute atomic E-state index is 5.92. The largest absolute Gasteiger partial charge is 0.373 e. The molecule has 0 fully saturated rings. The van der Waals surface area contributed by atoms with Gasteiger partial charge in [-0.3, -0.25) is 11.3 Å². The van der Waals surface area contributed by atoms with Crippen molar-refractivity contribution in [2.45, 2.75) is 45.3 Å². The van der Waals surface area contributed by atoms with E-state index in [1.807, 2.05) is 0 Å². The van der Waals surface area contributed by atoms with Gasteiger partial charge in [0, 0.05) is 6.04 Å². The molecule has 2 rings (SSSR count). The van der Waals surface area contributed by atoms with Gasteiger partial charge in [0.2, 0.25) is 0 Å². The molecule has 0 amide bonds. The van der Waals surface area contributed by atoms with Crippen LogP contribution in [0.25, 0.3) is 0 Å². The second kappa shape index (κ2) is 6.32. The molecule has 1 aromatic rings. The van der Waals surface area contributed by atoms with Crippen LogP contribution in [0, 0.1) is 5.92 Å². The molecule has 0 aromatic heterocycles. The van der Waals surface area contributed by atoms with Crippen LogP contribution in [0.1, 0.15) is 43.9 Å². The van der Waals surface area contributed by atoms with E-state index in [4.69, 9.17) is 10.6 Å². The normalized spacial score (nSPS) is 20.8. The maximum Gasteiger partial charge on any atom is 0.0843 e. The van der Waals surface area contributed by atoms with Crippen molar-refractivity contribution >= 4 is 0 Å². The number of rotatable bonds is 5. The van der Waals surface area contributed by atoms with Gasteiger partial charge in [0.05, 0.1) is 12.7 Å². The highest BCUT2D eigenvalue weighted by atomic mass is 16.5. The molecule has 3 nitrogen and oxygen atoms in total. The number of nitrogens with two attached hydrogens (primary N) is 1. The lowest BCUT2D eigenvalue weighted by atomic mass is 9.91. The zero-order valence-corrected chi connectivity index (χ0v) is 11.4. The van der Waals surface area contributed by atoms with Gasteiger partial charge < -0.3 is 4.74 Å². The van der Waals surface area contributed by atoms with E-state index < -0.39 is 0 Å². The lowest BCUT2D eigenvalue weighted by Gasteiger charge is -2.29. The van der Waals surface area contributed by atoms with Gasteiger partial charge in [0.1, 0.15) is 0 Å². The molecule has 3 heteroatoms. The highest BCUT2D eigenvalue weighted by Gasteiger charge is 2.23. The Labute approximate surface area is 110 Å². The van der Waals surface area contributed by atoms with Crippen molar-refractivity contribution in [1.82, 2.24) is 5.43 Å². The van der Waals surface area contributed by atoms with Crippen molar-refractivity contribution in [3.05, 3.63) is 35.4 Å². The molecule has 1 heterocycles. The van der Waals surface area contributed by atoms with E-state index in [9.17, 15) is 0 Å². The first kappa shape index (κ1) is 13.5. The molecule has 18 heavy (non-hydrogen) atoms. The van der Waals surface area contributed by atoms with Crippen molar-refractivity contribution in [2.75, 3.05) is 6.61 Å². The summed E-state index contributed by atoms with van der Waals surface area (Å²) in [6.45, 7) is 5.26. The second-order valence-electron chi connectivity index (χ2n) is 5.54. The molecular formula is C15H24N2O. The molecule has 100 valence electrons. The molecule has 3 N–H and O–H groups in total. The minimum absolute atomic E-state index is 0.190. The van der Waals surface area contributed by atoms with Crippen molar-refractivity contribution in [3.63, 3.8) is 0 Å². The van der Waals surface area contributed by atoms with Gasteiger partial charge in [-0.1, -0.05) is 38.1 Å². The number of hydrogen-bond donors (Lipinski definition) is 2.